The van der Waals surface area contributed by atoms with E-state index >= 15 is 0 Å². The van der Waals surface area contributed by atoms with Crippen LogP contribution in [0.15, 0.2) is 51.1 Å². The maximum Gasteiger partial charge on any atom is 0.250 e. The average Bonchev–Trinajstić information content (AvgIpc) is 3.46. The molecule has 0 saturated heterocycles. The van der Waals surface area contributed by atoms with E-state index in [0.717, 1.165) is 29.4 Å². The van der Waals surface area contributed by atoms with Crippen molar-refractivity contribution >= 4 is 23.9 Å². The molecule has 0 aliphatic heterocycles. The standard InChI is InChI=1S/C23H27N5O3S/c1-16-7-9-17(10-8-16)22-26-27-23(28(22)18-5-3-2-4-6-18)32-15-21(30)25-24-13-19-11-12-20(14-29)31-19/h7-13,18,29H,2-6,14-15H2,1H3,(H,25,30)/b24-13+. The Labute approximate surface area is 191 Å². The molecule has 0 spiro atoms. The van der Waals surface area contributed by atoms with Crippen LogP contribution in [0.4, 0.5) is 0 Å². The van der Waals surface area contributed by atoms with Gasteiger partial charge in [-0.05, 0) is 31.9 Å². The molecule has 1 aliphatic rings. The molecule has 2 N–H and O–H groups in total. The van der Waals surface area contributed by atoms with Crippen molar-refractivity contribution in [1.29, 1.82) is 0 Å². The molecule has 0 atom stereocenters. The summed E-state index contributed by atoms with van der Waals surface area (Å²) in [6.07, 6.45) is 7.25. The molecule has 1 fully saturated rings. The minimum Gasteiger partial charge on any atom is -0.458 e. The van der Waals surface area contributed by atoms with Crippen molar-refractivity contribution in [2.45, 2.75) is 56.8 Å². The molecule has 3 aromatic rings. The largest absolute Gasteiger partial charge is 0.458 e. The van der Waals surface area contributed by atoms with Gasteiger partial charge in [0.15, 0.2) is 11.0 Å². The quantitative estimate of drug-likeness (QED) is 0.302. The molecule has 0 radical (unpaired) electrons. The number of aliphatic hydroxyl groups is 1. The Morgan fingerprint density at radius 2 is 2.00 bits per heavy atom. The van der Waals surface area contributed by atoms with Crippen molar-refractivity contribution < 1.29 is 14.3 Å². The molecule has 2 aromatic heterocycles. The number of nitrogens with zero attached hydrogens (tertiary/aromatic N) is 4. The number of aryl methyl sites for hydroxylation is 1. The first-order valence-electron chi connectivity index (χ1n) is 10.8. The first kappa shape index (κ1) is 22.3. The van der Waals surface area contributed by atoms with E-state index in [-0.39, 0.29) is 18.3 Å². The summed E-state index contributed by atoms with van der Waals surface area (Å²) < 4.78 is 7.51. The Hall–Kier alpha value is -2.91. The normalized spacial score (nSPS) is 14.8. The van der Waals surface area contributed by atoms with E-state index in [1.165, 1.54) is 42.8 Å². The number of hydrazone groups is 1. The van der Waals surface area contributed by atoms with Crippen molar-refractivity contribution in [3.63, 3.8) is 0 Å². The Kier molecular flexibility index (Phi) is 7.39. The summed E-state index contributed by atoms with van der Waals surface area (Å²) in [7, 11) is 0. The molecule has 1 amide bonds. The number of thioether (sulfide) groups is 1. The highest BCUT2D eigenvalue weighted by Gasteiger charge is 2.24. The number of furan rings is 1. The van der Waals surface area contributed by atoms with Crippen LogP contribution in [0.25, 0.3) is 11.4 Å². The van der Waals surface area contributed by atoms with Gasteiger partial charge < -0.3 is 9.52 Å². The number of hydrogen-bond donors (Lipinski definition) is 2. The number of hydrogen-bond acceptors (Lipinski definition) is 7. The highest BCUT2D eigenvalue weighted by molar-refractivity contribution is 7.99. The summed E-state index contributed by atoms with van der Waals surface area (Å²) in [4.78, 5) is 12.3. The highest BCUT2D eigenvalue weighted by Crippen LogP contribution is 2.35. The van der Waals surface area contributed by atoms with Gasteiger partial charge in [-0.2, -0.15) is 5.10 Å². The van der Waals surface area contributed by atoms with Gasteiger partial charge in [-0.3, -0.25) is 9.36 Å². The first-order chi connectivity index (χ1) is 15.6. The van der Waals surface area contributed by atoms with Gasteiger partial charge in [0.25, 0.3) is 5.91 Å². The van der Waals surface area contributed by atoms with Crippen LogP contribution in [-0.2, 0) is 11.4 Å². The predicted molar refractivity (Wildman–Crippen MR) is 123 cm³/mol. The lowest BCUT2D eigenvalue weighted by atomic mass is 9.95. The summed E-state index contributed by atoms with van der Waals surface area (Å²) in [5, 5.41) is 22.6. The Balaban J connectivity index is 1.44. The molecule has 2 heterocycles. The van der Waals surface area contributed by atoms with E-state index in [1.807, 2.05) is 0 Å². The second-order valence-electron chi connectivity index (χ2n) is 7.88. The fourth-order valence-corrected chi connectivity index (χ4v) is 4.62. The predicted octanol–water partition coefficient (Wildman–Crippen LogP) is 4.09. The van der Waals surface area contributed by atoms with Crippen LogP contribution in [-0.4, -0.2) is 37.7 Å². The summed E-state index contributed by atoms with van der Waals surface area (Å²) in [6, 6.07) is 12.0. The third kappa shape index (κ3) is 5.46. The maximum atomic E-state index is 12.3. The number of carbonyl (C=O) groups excluding carboxylic acids is 1. The van der Waals surface area contributed by atoms with Crippen LogP contribution in [0.1, 0.15) is 55.2 Å². The second-order valence-corrected chi connectivity index (χ2v) is 8.82. The topological polar surface area (TPSA) is 106 Å². The molecule has 1 saturated carbocycles. The zero-order chi connectivity index (χ0) is 22.3. The van der Waals surface area contributed by atoms with E-state index in [0.29, 0.717) is 17.6 Å². The summed E-state index contributed by atoms with van der Waals surface area (Å²) in [5.41, 5.74) is 4.74. The molecule has 4 rings (SSSR count). The van der Waals surface area contributed by atoms with Crippen LogP contribution in [0, 0.1) is 6.92 Å². The van der Waals surface area contributed by atoms with E-state index in [4.69, 9.17) is 9.52 Å². The van der Waals surface area contributed by atoms with Gasteiger partial charge in [0, 0.05) is 11.6 Å². The number of amides is 1. The Bertz CT molecular complexity index is 1070. The van der Waals surface area contributed by atoms with Crippen molar-refractivity contribution in [1.82, 2.24) is 20.2 Å². The van der Waals surface area contributed by atoms with Gasteiger partial charge in [0.2, 0.25) is 0 Å². The van der Waals surface area contributed by atoms with E-state index < -0.39 is 0 Å². The van der Waals surface area contributed by atoms with Gasteiger partial charge in [0.1, 0.15) is 18.1 Å². The molecule has 168 valence electrons. The minimum atomic E-state index is -0.240. The fraction of sp³-hybridized carbons (Fsp3) is 0.391. The summed E-state index contributed by atoms with van der Waals surface area (Å²) in [5.74, 6) is 1.70. The molecule has 8 nitrogen and oxygen atoms in total. The lowest BCUT2D eigenvalue weighted by Gasteiger charge is -2.25. The van der Waals surface area contributed by atoms with Crippen LogP contribution in [0.3, 0.4) is 0 Å². The van der Waals surface area contributed by atoms with Crippen LogP contribution in [0.5, 0.6) is 0 Å². The van der Waals surface area contributed by atoms with Crippen molar-refractivity contribution in [3.05, 3.63) is 53.5 Å². The van der Waals surface area contributed by atoms with Gasteiger partial charge in [0.05, 0.1) is 12.0 Å². The molecule has 1 aliphatic carbocycles. The lowest BCUT2D eigenvalue weighted by molar-refractivity contribution is -0.118. The van der Waals surface area contributed by atoms with Crippen LogP contribution < -0.4 is 5.43 Å². The number of aromatic nitrogens is 3. The molecule has 1 aromatic carbocycles. The zero-order valence-electron chi connectivity index (χ0n) is 18.0. The van der Waals surface area contributed by atoms with E-state index in [2.05, 4.69) is 56.5 Å². The summed E-state index contributed by atoms with van der Waals surface area (Å²) >= 11 is 1.37. The molecule has 0 bridgehead atoms. The Morgan fingerprint density at radius 3 is 2.72 bits per heavy atom. The number of aliphatic hydroxyl groups excluding tert-OH is 1. The fourth-order valence-electron chi connectivity index (χ4n) is 3.82. The third-order valence-corrected chi connectivity index (χ3v) is 6.41. The van der Waals surface area contributed by atoms with E-state index in [9.17, 15) is 4.79 Å². The Morgan fingerprint density at radius 1 is 1.22 bits per heavy atom. The average molecular weight is 454 g/mol. The number of benzene rings is 1. The van der Waals surface area contributed by atoms with Crippen molar-refractivity contribution in [2.75, 3.05) is 5.75 Å². The van der Waals surface area contributed by atoms with Crippen LogP contribution in [0.2, 0.25) is 0 Å². The van der Waals surface area contributed by atoms with Gasteiger partial charge in [-0.15, -0.1) is 10.2 Å². The van der Waals surface area contributed by atoms with Crippen molar-refractivity contribution in [2.24, 2.45) is 5.10 Å². The van der Waals surface area contributed by atoms with Gasteiger partial charge in [-0.1, -0.05) is 60.9 Å². The lowest BCUT2D eigenvalue weighted by Crippen LogP contribution is -2.20. The first-order valence-corrected chi connectivity index (χ1v) is 11.8. The van der Waals surface area contributed by atoms with E-state index in [1.54, 1.807) is 12.1 Å². The minimum absolute atomic E-state index is 0.177. The highest BCUT2D eigenvalue weighted by atomic mass is 32.2. The third-order valence-electron chi connectivity index (χ3n) is 5.47. The summed E-state index contributed by atoms with van der Waals surface area (Å²) in [6.45, 7) is 1.89. The number of rotatable bonds is 8. The smallest absolute Gasteiger partial charge is 0.250 e. The monoisotopic (exact) mass is 453 g/mol. The number of nitrogens with one attached hydrogen (secondary N) is 1. The zero-order valence-corrected chi connectivity index (χ0v) is 18.8. The van der Waals surface area contributed by atoms with Crippen molar-refractivity contribution in [3.8, 4) is 11.4 Å². The molecular weight excluding hydrogens is 426 g/mol. The molecule has 9 heteroatoms. The van der Waals surface area contributed by atoms with Gasteiger partial charge >= 0.3 is 0 Å². The van der Waals surface area contributed by atoms with Gasteiger partial charge in [-0.25, -0.2) is 5.43 Å². The SMILES string of the molecule is Cc1ccc(-c2nnc(SCC(=O)N/N=C/c3ccc(CO)o3)n2C2CCCCC2)cc1. The van der Waals surface area contributed by atoms with Crippen LogP contribution >= 0.6 is 11.8 Å². The molecular formula is C23H27N5O3S. The molecule has 32 heavy (non-hydrogen) atoms. The number of carbonyl (C=O) groups is 1. The maximum absolute atomic E-state index is 12.3. The molecule has 0 unspecified atom stereocenters. The second kappa shape index (κ2) is 10.6.